The molecule has 0 atom stereocenters. The maximum absolute atomic E-state index is 12.3. The maximum atomic E-state index is 12.3. The number of hydrogen-bond acceptors (Lipinski definition) is 6. The SMILES string of the molecule is CCOc1ccccc1NC(=O)C(=O)N/N=C\c1cccc(OCC(=O)Nc2cccc(C)c2C)c1. The van der Waals surface area contributed by atoms with Crippen molar-refractivity contribution in [2.45, 2.75) is 20.8 Å². The molecule has 0 saturated carbocycles. The van der Waals surface area contributed by atoms with Crippen molar-refractivity contribution >= 4 is 35.3 Å². The largest absolute Gasteiger partial charge is 0.492 e. The highest BCUT2D eigenvalue weighted by molar-refractivity contribution is 6.39. The van der Waals surface area contributed by atoms with Crippen LogP contribution in [0.3, 0.4) is 0 Å². The highest BCUT2D eigenvalue weighted by Gasteiger charge is 2.15. The molecule has 0 aliphatic rings. The molecule has 3 amide bonds. The van der Waals surface area contributed by atoms with Gasteiger partial charge in [-0.15, -0.1) is 0 Å². The average molecular weight is 489 g/mol. The zero-order chi connectivity index (χ0) is 25.9. The highest BCUT2D eigenvalue weighted by Crippen LogP contribution is 2.23. The van der Waals surface area contributed by atoms with E-state index in [1.165, 1.54) is 6.21 Å². The molecule has 0 spiro atoms. The first-order valence-electron chi connectivity index (χ1n) is 11.3. The van der Waals surface area contributed by atoms with Gasteiger partial charge < -0.3 is 20.1 Å². The van der Waals surface area contributed by atoms with Gasteiger partial charge >= 0.3 is 11.8 Å². The molecule has 36 heavy (non-hydrogen) atoms. The van der Waals surface area contributed by atoms with Crippen LogP contribution < -0.4 is 25.5 Å². The third-order valence-electron chi connectivity index (χ3n) is 5.13. The number of rotatable bonds is 9. The van der Waals surface area contributed by atoms with E-state index in [0.29, 0.717) is 29.4 Å². The molecule has 0 bridgehead atoms. The van der Waals surface area contributed by atoms with Crippen LogP contribution in [-0.2, 0) is 14.4 Å². The zero-order valence-corrected chi connectivity index (χ0v) is 20.3. The van der Waals surface area contributed by atoms with E-state index in [-0.39, 0.29) is 12.5 Å². The molecule has 9 nitrogen and oxygen atoms in total. The van der Waals surface area contributed by atoms with E-state index in [9.17, 15) is 14.4 Å². The van der Waals surface area contributed by atoms with Crippen molar-refractivity contribution < 1.29 is 23.9 Å². The first-order valence-corrected chi connectivity index (χ1v) is 11.3. The summed E-state index contributed by atoms with van der Waals surface area (Å²) in [4.78, 5) is 36.6. The lowest BCUT2D eigenvalue weighted by Gasteiger charge is -2.11. The third-order valence-corrected chi connectivity index (χ3v) is 5.13. The number of ether oxygens (including phenoxy) is 2. The fourth-order valence-corrected chi connectivity index (χ4v) is 3.15. The van der Waals surface area contributed by atoms with Crippen LogP contribution in [0.2, 0.25) is 0 Å². The topological polar surface area (TPSA) is 118 Å². The predicted molar refractivity (Wildman–Crippen MR) is 138 cm³/mol. The Labute approximate surface area is 209 Å². The Balaban J connectivity index is 1.50. The number of carbonyl (C=O) groups is 3. The monoisotopic (exact) mass is 488 g/mol. The quantitative estimate of drug-likeness (QED) is 0.241. The van der Waals surface area contributed by atoms with E-state index < -0.39 is 11.8 Å². The van der Waals surface area contributed by atoms with Crippen LogP contribution in [0.1, 0.15) is 23.6 Å². The van der Waals surface area contributed by atoms with E-state index in [4.69, 9.17) is 9.47 Å². The molecular formula is C27H28N4O5. The van der Waals surface area contributed by atoms with E-state index >= 15 is 0 Å². The number of nitrogens with one attached hydrogen (secondary N) is 3. The predicted octanol–water partition coefficient (Wildman–Crippen LogP) is 3.81. The number of para-hydroxylation sites is 2. The van der Waals surface area contributed by atoms with Gasteiger partial charge in [-0.3, -0.25) is 14.4 Å². The van der Waals surface area contributed by atoms with E-state index in [2.05, 4.69) is 21.2 Å². The minimum atomic E-state index is -0.937. The smallest absolute Gasteiger partial charge is 0.329 e. The van der Waals surface area contributed by atoms with Crippen LogP contribution in [-0.4, -0.2) is 37.1 Å². The second kappa shape index (κ2) is 12.7. The van der Waals surface area contributed by atoms with Crippen LogP contribution in [0.5, 0.6) is 11.5 Å². The fraction of sp³-hybridized carbons (Fsp3) is 0.185. The summed E-state index contributed by atoms with van der Waals surface area (Å²) < 4.78 is 11.0. The first-order chi connectivity index (χ1) is 17.4. The van der Waals surface area contributed by atoms with Crippen LogP contribution in [0.25, 0.3) is 0 Å². The summed E-state index contributed by atoms with van der Waals surface area (Å²) in [6.45, 7) is 5.99. The van der Waals surface area contributed by atoms with E-state index in [1.54, 1.807) is 48.5 Å². The molecule has 0 unspecified atom stereocenters. The second-order valence-corrected chi connectivity index (χ2v) is 7.74. The molecule has 3 N–H and O–H groups in total. The van der Waals surface area contributed by atoms with Gasteiger partial charge in [-0.1, -0.05) is 36.4 Å². The number of nitrogens with zero attached hydrogens (tertiary/aromatic N) is 1. The molecule has 0 fully saturated rings. The Morgan fingerprint density at radius 2 is 1.61 bits per heavy atom. The van der Waals surface area contributed by atoms with Crippen molar-refractivity contribution in [1.29, 1.82) is 0 Å². The van der Waals surface area contributed by atoms with Gasteiger partial charge in [0.1, 0.15) is 11.5 Å². The van der Waals surface area contributed by atoms with Crippen molar-refractivity contribution in [2.24, 2.45) is 5.10 Å². The van der Waals surface area contributed by atoms with Gasteiger partial charge in [0.25, 0.3) is 5.91 Å². The summed E-state index contributed by atoms with van der Waals surface area (Å²) >= 11 is 0. The molecule has 0 radical (unpaired) electrons. The number of hydrazone groups is 1. The van der Waals surface area contributed by atoms with Gasteiger partial charge in [0.2, 0.25) is 0 Å². The molecule has 3 aromatic rings. The molecular weight excluding hydrogens is 460 g/mol. The minimum absolute atomic E-state index is 0.173. The van der Waals surface area contributed by atoms with Crippen molar-refractivity contribution in [3.05, 3.63) is 83.4 Å². The Morgan fingerprint density at radius 3 is 2.42 bits per heavy atom. The summed E-state index contributed by atoms with van der Waals surface area (Å²) in [5, 5.41) is 9.16. The standard InChI is InChI=1S/C27H28N4O5/c1-4-35-24-14-6-5-12-23(24)30-26(33)27(34)31-28-16-20-10-8-11-21(15-20)36-17-25(32)29-22-13-7-9-18(2)19(22)3/h5-16H,4,17H2,1-3H3,(H,29,32)(H,30,33)(H,31,34)/b28-16-. The van der Waals surface area contributed by atoms with Gasteiger partial charge in [0.15, 0.2) is 6.61 Å². The molecule has 3 rings (SSSR count). The van der Waals surface area contributed by atoms with Crippen molar-refractivity contribution in [3.8, 4) is 11.5 Å². The fourth-order valence-electron chi connectivity index (χ4n) is 3.15. The average Bonchev–Trinajstić information content (AvgIpc) is 2.87. The Morgan fingerprint density at radius 1 is 0.861 bits per heavy atom. The molecule has 186 valence electrons. The van der Waals surface area contributed by atoms with Crippen LogP contribution in [0.4, 0.5) is 11.4 Å². The van der Waals surface area contributed by atoms with Gasteiger partial charge in [-0.25, -0.2) is 5.43 Å². The lowest BCUT2D eigenvalue weighted by molar-refractivity contribution is -0.136. The minimum Gasteiger partial charge on any atom is -0.492 e. The van der Waals surface area contributed by atoms with Gasteiger partial charge in [0.05, 0.1) is 18.5 Å². The number of hydrogen-bond donors (Lipinski definition) is 3. The molecule has 3 aromatic carbocycles. The number of carbonyl (C=O) groups excluding carboxylic acids is 3. The molecule has 0 heterocycles. The van der Waals surface area contributed by atoms with Crippen LogP contribution >= 0.6 is 0 Å². The number of amides is 3. The van der Waals surface area contributed by atoms with Gasteiger partial charge in [-0.2, -0.15) is 5.10 Å². The highest BCUT2D eigenvalue weighted by atomic mass is 16.5. The summed E-state index contributed by atoms with van der Waals surface area (Å²) in [6.07, 6.45) is 1.36. The Hall–Kier alpha value is -4.66. The lowest BCUT2D eigenvalue weighted by atomic mass is 10.1. The van der Waals surface area contributed by atoms with E-state index in [1.807, 2.05) is 39.0 Å². The first kappa shape index (κ1) is 26.0. The van der Waals surface area contributed by atoms with Crippen LogP contribution in [0.15, 0.2) is 71.8 Å². The normalized spacial score (nSPS) is 10.5. The second-order valence-electron chi connectivity index (χ2n) is 7.74. The summed E-state index contributed by atoms with van der Waals surface area (Å²) in [5.74, 6) is -1.19. The molecule has 9 heteroatoms. The van der Waals surface area contributed by atoms with Crippen molar-refractivity contribution in [3.63, 3.8) is 0 Å². The Kier molecular flexibility index (Phi) is 9.16. The van der Waals surface area contributed by atoms with Gasteiger partial charge in [0, 0.05) is 5.69 Å². The Bertz CT molecular complexity index is 1270. The molecule has 0 aromatic heterocycles. The van der Waals surface area contributed by atoms with Crippen molar-refractivity contribution in [2.75, 3.05) is 23.8 Å². The summed E-state index contributed by atoms with van der Waals surface area (Å²) in [6, 6.07) is 19.3. The zero-order valence-electron chi connectivity index (χ0n) is 20.3. The number of benzene rings is 3. The van der Waals surface area contributed by atoms with Crippen LogP contribution in [0, 0.1) is 13.8 Å². The number of anilines is 2. The lowest BCUT2D eigenvalue weighted by Crippen LogP contribution is -2.32. The summed E-state index contributed by atoms with van der Waals surface area (Å²) in [7, 11) is 0. The van der Waals surface area contributed by atoms with Gasteiger partial charge in [-0.05, 0) is 67.8 Å². The summed E-state index contributed by atoms with van der Waals surface area (Å²) in [5.41, 5.74) is 5.99. The van der Waals surface area contributed by atoms with E-state index in [0.717, 1.165) is 16.8 Å². The molecule has 0 saturated heterocycles. The molecule has 0 aliphatic carbocycles. The molecule has 0 aliphatic heterocycles. The third kappa shape index (κ3) is 7.42. The maximum Gasteiger partial charge on any atom is 0.329 e. The number of aryl methyl sites for hydroxylation is 1. The van der Waals surface area contributed by atoms with Crippen molar-refractivity contribution in [1.82, 2.24) is 5.43 Å².